The van der Waals surface area contributed by atoms with Gasteiger partial charge >= 0.3 is 5.97 Å². The van der Waals surface area contributed by atoms with E-state index in [1.165, 1.54) is 0 Å². The van der Waals surface area contributed by atoms with Gasteiger partial charge in [0.05, 0.1) is 24.4 Å². The Morgan fingerprint density at radius 3 is 2.33 bits per heavy atom. The first-order valence-corrected chi connectivity index (χ1v) is 14.6. The van der Waals surface area contributed by atoms with E-state index in [4.69, 9.17) is 14.9 Å². The second kappa shape index (κ2) is 13.8. The molecule has 2 heterocycles. The Morgan fingerprint density at radius 2 is 1.77 bits per heavy atom. The Kier molecular flexibility index (Phi) is 10.9. The molecule has 43 heavy (non-hydrogen) atoms. The SMILES string of the molecule is Br.CCOc1cc2c(cc1C(=O)NC)C(=N)N(CC(=O)c1cc(N3CCCC3)c(OC(CC)C(=O)O)c(C(C)(C)C)c1)C2. The average Bonchev–Trinajstić information content (AvgIpc) is 3.58. The first-order valence-electron chi connectivity index (χ1n) is 14.6. The summed E-state index contributed by atoms with van der Waals surface area (Å²) in [5.41, 5.74) is 3.33. The number of nitrogens with zero attached hydrogens (tertiary/aromatic N) is 2. The molecular weight excluding hydrogens is 616 g/mol. The lowest BCUT2D eigenvalue weighted by molar-refractivity contribution is -0.145. The van der Waals surface area contributed by atoms with E-state index in [-0.39, 0.29) is 41.1 Å². The number of hydrogen-bond acceptors (Lipinski definition) is 7. The lowest BCUT2D eigenvalue weighted by Crippen LogP contribution is -2.32. The number of ether oxygens (including phenoxy) is 2. The Bertz CT molecular complexity index is 1400. The molecular formula is C32H43BrN4O6. The van der Waals surface area contributed by atoms with E-state index < -0.39 is 17.5 Å². The molecule has 0 spiro atoms. The molecule has 4 rings (SSSR count). The minimum absolute atomic E-state index is 0. The normalized spacial score (nSPS) is 15.1. The zero-order valence-electron chi connectivity index (χ0n) is 25.8. The number of benzene rings is 2. The molecule has 0 aliphatic carbocycles. The number of carboxylic acid groups (broad SMARTS) is 1. The molecule has 2 aromatic rings. The number of carboxylic acids is 1. The quantitative estimate of drug-likeness (QED) is 0.281. The Balaban J connectivity index is 0.00000506. The smallest absolute Gasteiger partial charge is 0.344 e. The summed E-state index contributed by atoms with van der Waals surface area (Å²) >= 11 is 0. The molecule has 1 saturated heterocycles. The number of amides is 1. The highest BCUT2D eigenvalue weighted by atomic mass is 79.9. The molecule has 1 unspecified atom stereocenters. The molecule has 0 aromatic heterocycles. The van der Waals surface area contributed by atoms with E-state index in [0.717, 1.165) is 42.7 Å². The maximum Gasteiger partial charge on any atom is 0.344 e. The number of amidine groups is 1. The number of ketones is 1. The Hall–Kier alpha value is -3.60. The van der Waals surface area contributed by atoms with Crippen molar-refractivity contribution in [2.75, 3.05) is 38.2 Å². The Labute approximate surface area is 264 Å². The number of nitrogens with one attached hydrogen (secondary N) is 2. The van der Waals surface area contributed by atoms with E-state index in [9.17, 15) is 19.5 Å². The summed E-state index contributed by atoms with van der Waals surface area (Å²) in [5.74, 6) is -0.348. The number of halogens is 1. The summed E-state index contributed by atoms with van der Waals surface area (Å²) in [5, 5.41) is 21.2. The van der Waals surface area contributed by atoms with Crippen molar-refractivity contribution < 1.29 is 29.0 Å². The van der Waals surface area contributed by atoms with E-state index in [1.54, 1.807) is 31.0 Å². The van der Waals surface area contributed by atoms with Gasteiger partial charge in [-0.2, -0.15) is 0 Å². The predicted octanol–water partition coefficient (Wildman–Crippen LogP) is 5.19. The van der Waals surface area contributed by atoms with Crippen molar-refractivity contribution in [2.24, 2.45) is 0 Å². The fourth-order valence-corrected chi connectivity index (χ4v) is 5.51. The number of aliphatic carboxylic acids is 1. The van der Waals surface area contributed by atoms with Crippen LogP contribution in [0.3, 0.4) is 0 Å². The van der Waals surface area contributed by atoms with Crippen LogP contribution in [0.1, 0.15) is 91.3 Å². The van der Waals surface area contributed by atoms with Crippen molar-refractivity contribution in [3.63, 3.8) is 0 Å². The molecule has 0 saturated carbocycles. The molecule has 1 amide bonds. The van der Waals surface area contributed by atoms with Crippen molar-refractivity contribution in [2.45, 2.75) is 71.9 Å². The van der Waals surface area contributed by atoms with Crippen LogP contribution in [0.15, 0.2) is 24.3 Å². The Morgan fingerprint density at radius 1 is 1.09 bits per heavy atom. The van der Waals surface area contributed by atoms with Crippen LogP contribution in [0.2, 0.25) is 0 Å². The molecule has 1 fully saturated rings. The highest BCUT2D eigenvalue weighted by molar-refractivity contribution is 8.93. The molecule has 234 valence electrons. The average molecular weight is 660 g/mol. The molecule has 10 nitrogen and oxygen atoms in total. The third-order valence-corrected chi connectivity index (χ3v) is 7.80. The third-order valence-electron chi connectivity index (χ3n) is 7.80. The van der Waals surface area contributed by atoms with Gasteiger partial charge in [-0.15, -0.1) is 17.0 Å². The van der Waals surface area contributed by atoms with Gasteiger partial charge in [-0.25, -0.2) is 4.79 Å². The summed E-state index contributed by atoms with van der Waals surface area (Å²) in [4.78, 5) is 42.1. The summed E-state index contributed by atoms with van der Waals surface area (Å²) < 4.78 is 11.9. The van der Waals surface area contributed by atoms with Crippen LogP contribution in [0.4, 0.5) is 5.69 Å². The summed E-state index contributed by atoms with van der Waals surface area (Å²) in [7, 11) is 1.55. The van der Waals surface area contributed by atoms with Crippen LogP contribution in [-0.2, 0) is 16.8 Å². The van der Waals surface area contributed by atoms with Gasteiger partial charge in [0.15, 0.2) is 11.9 Å². The largest absolute Gasteiger partial charge is 0.493 e. The van der Waals surface area contributed by atoms with Crippen molar-refractivity contribution in [1.29, 1.82) is 5.41 Å². The summed E-state index contributed by atoms with van der Waals surface area (Å²) in [6.07, 6.45) is 1.31. The molecule has 2 aromatic carbocycles. The van der Waals surface area contributed by atoms with Crippen molar-refractivity contribution in [3.05, 3.63) is 52.1 Å². The number of carbonyl (C=O) groups is 3. The van der Waals surface area contributed by atoms with Crippen LogP contribution in [0.25, 0.3) is 0 Å². The minimum atomic E-state index is -1.02. The van der Waals surface area contributed by atoms with E-state index in [0.29, 0.717) is 47.8 Å². The monoisotopic (exact) mass is 658 g/mol. The van der Waals surface area contributed by atoms with Crippen LogP contribution in [0, 0.1) is 5.41 Å². The van der Waals surface area contributed by atoms with Gasteiger partial charge in [0.1, 0.15) is 17.3 Å². The lowest BCUT2D eigenvalue weighted by Gasteiger charge is -2.31. The second-order valence-electron chi connectivity index (χ2n) is 11.8. The molecule has 0 bridgehead atoms. The maximum absolute atomic E-state index is 13.9. The number of fused-ring (bicyclic) bond motifs is 1. The first kappa shape index (κ1) is 33.9. The highest BCUT2D eigenvalue weighted by Gasteiger charge is 2.33. The molecule has 0 radical (unpaired) electrons. The topological polar surface area (TPSA) is 132 Å². The van der Waals surface area contributed by atoms with Gasteiger partial charge < -0.3 is 29.7 Å². The number of anilines is 1. The standard InChI is InChI=1S/C32H42N4O6.BrH/c1-7-26(31(39)40)42-28-23(32(3,4)5)13-19(14-24(28)35-11-9-10-12-35)25(37)18-36-17-20-15-27(41-8-2)22(30(38)34-6)16-21(20)29(36)33;/h13-16,26,33H,7-12,17-18H2,1-6H3,(H,34,38)(H,39,40);1H. The zero-order chi connectivity index (χ0) is 30.8. The van der Waals surface area contributed by atoms with Crippen molar-refractivity contribution >= 4 is 46.2 Å². The summed E-state index contributed by atoms with van der Waals surface area (Å²) in [6.45, 7) is 12.0. The second-order valence-corrected chi connectivity index (χ2v) is 11.8. The number of carbonyl (C=O) groups excluding carboxylic acids is 2. The summed E-state index contributed by atoms with van der Waals surface area (Å²) in [6, 6.07) is 7.07. The van der Waals surface area contributed by atoms with Crippen molar-refractivity contribution in [3.8, 4) is 11.5 Å². The minimum Gasteiger partial charge on any atom is -0.493 e. The number of Topliss-reactive ketones (excluding diaryl/α,β-unsaturated/α-hetero) is 1. The van der Waals surface area contributed by atoms with Gasteiger partial charge in [-0.05, 0) is 61.4 Å². The van der Waals surface area contributed by atoms with Crippen LogP contribution in [0.5, 0.6) is 11.5 Å². The van der Waals surface area contributed by atoms with Crippen molar-refractivity contribution in [1.82, 2.24) is 10.2 Å². The van der Waals surface area contributed by atoms with Crippen LogP contribution in [-0.4, -0.2) is 72.9 Å². The fourth-order valence-electron chi connectivity index (χ4n) is 5.51. The van der Waals surface area contributed by atoms with Crippen LogP contribution < -0.4 is 19.7 Å². The maximum atomic E-state index is 13.9. The van der Waals surface area contributed by atoms with Crippen LogP contribution >= 0.6 is 17.0 Å². The lowest BCUT2D eigenvalue weighted by atomic mass is 9.84. The molecule has 2 aliphatic rings. The number of hydrogen-bond donors (Lipinski definition) is 3. The number of rotatable bonds is 11. The first-order chi connectivity index (χ1) is 19.9. The predicted molar refractivity (Wildman–Crippen MR) is 172 cm³/mol. The fraction of sp³-hybridized carbons (Fsp3) is 0.500. The third kappa shape index (κ3) is 7.14. The molecule has 2 aliphatic heterocycles. The van der Waals surface area contributed by atoms with Gasteiger partial charge in [-0.1, -0.05) is 27.7 Å². The highest BCUT2D eigenvalue weighted by Crippen LogP contribution is 2.42. The van der Waals surface area contributed by atoms with Gasteiger partial charge in [0.25, 0.3) is 5.91 Å². The molecule has 1 atom stereocenters. The van der Waals surface area contributed by atoms with Gasteiger partial charge in [-0.3, -0.25) is 15.0 Å². The zero-order valence-corrected chi connectivity index (χ0v) is 27.5. The van der Waals surface area contributed by atoms with E-state index in [1.807, 2.05) is 39.8 Å². The molecule has 11 heteroatoms. The van der Waals surface area contributed by atoms with E-state index >= 15 is 0 Å². The van der Waals surface area contributed by atoms with E-state index in [2.05, 4.69) is 10.2 Å². The van der Waals surface area contributed by atoms with Gasteiger partial charge in [0, 0.05) is 43.4 Å². The molecule has 3 N–H and O–H groups in total. The van der Waals surface area contributed by atoms with Gasteiger partial charge in [0.2, 0.25) is 0 Å².